The Bertz CT molecular complexity index is 505. The summed E-state index contributed by atoms with van der Waals surface area (Å²) in [6.45, 7) is 0.0317. The fraction of sp³-hybridized carbons (Fsp3) is 0.429. The van der Waals surface area contributed by atoms with Crippen molar-refractivity contribution in [3.05, 3.63) is 35.9 Å². The van der Waals surface area contributed by atoms with Crippen LogP contribution >= 0.6 is 0 Å². The first kappa shape index (κ1) is 15.3. The van der Waals surface area contributed by atoms with Gasteiger partial charge < -0.3 is 20.1 Å². The van der Waals surface area contributed by atoms with Crippen LogP contribution in [-0.2, 0) is 16.1 Å². The van der Waals surface area contributed by atoms with E-state index in [-0.39, 0.29) is 19.6 Å². The van der Waals surface area contributed by atoms with Crippen molar-refractivity contribution in [1.29, 1.82) is 0 Å². The number of aliphatic carboxylic acids is 1. The molecule has 2 rings (SSSR count). The van der Waals surface area contributed by atoms with E-state index >= 15 is 0 Å². The highest BCUT2D eigenvalue weighted by Crippen LogP contribution is 2.20. The first-order valence-electron chi connectivity index (χ1n) is 6.57. The van der Waals surface area contributed by atoms with Gasteiger partial charge in [-0.3, -0.25) is 4.90 Å². The van der Waals surface area contributed by atoms with Crippen molar-refractivity contribution >= 4 is 12.1 Å². The fourth-order valence-electron chi connectivity index (χ4n) is 2.26. The maximum absolute atomic E-state index is 12.0. The van der Waals surface area contributed by atoms with Crippen LogP contribution in [0.4, 0.5) is 4.79 Å². The van der Waals surface area contributed by atoms with Crippen LogP contribution < -0.4 is 0 Å². The van der Waals surface area contributed by atoms with Crippen molar-refractivity contribution in [3.63, 3.8) is 0 Å². The van der Waals surface area contributed by atoms with E-state index in [1.165, 1.54) is 0 Å². The summed E-state index contributed by atoms with van der Waals surface area (Å²) in [5.74, 6) is -1.38. The lowest BCUT2D eigenvalue weighted by Gasteiger charge is -2.38. The van der Waals surface area contributed by atoms with Crippen LogP contribution in [0.15, 0.2) is 30.3 Å². The SMILES string of the molecule is O=C(O)C1[C@H](O)[C@H](O)CCN1C(=O)OCc1ccccc1. The summed E-state index contributed by atoms with van der Waals surface area (Å²) in [5, 5.41) is 28.4. The number of ether oxygens (including phenoxy) is 1. The lowest BCUT2D eigenvalue weighted by Crippen LogP contribution is -2.60. The Balaban J connectivity index is 2.01. The van der Waals surface area contributed by atoms with Crippen LogP contribution in [0.5, 0.6) is 0 Å². The van der Waals surface area contributed by atoms with Crippen LogP contribution in [0.3, 0.4) is 0 Å². The Labute approximate surface area is 121 Å². The highest BCUT2D eigenvalue weighted by Gasteiger charge is 2.43. The first-order chi connectivity index (χ1) is 10.0. The smallest absolute Gasteiger partial charge is 0.410 e. The molecule has 1 aliphatic heterocycles. The number of hydrogen-bond acceptors (Lipinski definition) is 5. The number of hydrogen-bond donors (Lipinski definition) is 3. The molecule has 0 bridgehead atoms. The monoisotopic (exact) mass is 295 g/mol. The normalized spacial score (nSPS) is 25.4. The molecule has 114 valence electrons. The number of benzene rings is 1. The number of carbonyl (C=O) groups excluding carboxylic acids is 1. The largest absolute Gasteiger partial charge is 0.480 e. The Morgan fingerprint density at radius 1 is 1.24 bits per heavy atom. The van der Waals surface area contributed by atoms with E-state index in [9.17, 15) is 19.8 Å². The van der Waals surface area contributed by atoms with Gasteiger partial charge in [0.05, 0.1) is 6.10 Å². The van der Waals surface area contributed by atoms with Gasteiger partial charge in [0.25, 0.3) is 0 Å². The number of likely N-dealkylation sites (tertiary alicyclic amines) is 1. The van der Waals surface area contributed by atoms with Crippen molar-refractivity contribution < 1.29 is 29.6 Å². The van der Waals surface area contributed by atoms with Gasteiger partial charge in [-0.25, -0.2) is 9.59 Å². The quantitative estimate of drug-likeness (QED) is 0.735. The lowest BCUT2D eigenvalue weighted by molar-refractivity contribution is -0.155. The van der Waals surface area contributed by atoms with Gasteiger partial charge in [0, 0.05) is 6.54 Å². The molecule has 1 saturated heterocycles. The molecule has 0 aliphatic carbocycles. The van der Waals surface area contributed by atoms with Crippen LogP contribution in [0.2, 0.25) is 0 Å². The first-order valence-corrected chi connectivity index (χ1v) is 6.57. The summed E-state index contributed by atoms with van der Waals surface area (Å²) in [6, 6.07) is 7.47. The molecular formula is C14H17NO6. The third-order valence-corrected chi connectivity index (χ3v) is 3.41. The molecule has 1 aromatic rings. The minimum atomic E-state index is -1.53. The number of rotatable bonds is 3. The number of carboxylic acids is 1. The molecule has 1 heterocycles. The number of amides is 1. The minimum absolute atomic E-state index is 0.0150. The van der Waals surface area contributed by atoms with Crippen LogP contribution in [0.25, 0.3) is 0 Å². The van der Waals surface area contributed by atoms with Crippen molar-refractivity contribution in [3.8, 4) is 0 Å². The zero-order chi connectivity index (χ0) is 15.4. The maximum atomic E-state index is 12.0. The Hall–Kier alpha value is -2.12. The third-order valence-electron chi connectivity index (χ3n) is 3.41. The second-order valence-electron chi connectivity index (χ2n) is 4.86. The highest BCUT2D eigenvalue weighted by atomic mass is 16.6. The third kappa shape index (κ3) is 3.50. The van der Waals surface area contributed by atoms with Gasteiger partial charge in [-0.15, -0.1) is 0 Å². The molecule has 0 spiro atoms. The standard InChI is InChI=1S/C14H17NO6/c16-10-6-7-15(11(12(10)17)13(18)19)14(20)21-8-9-4-2-1-3-5-9/h1-5,10-12,16-17H,6-8H2,(H,18,19)/t10-,11?,12-/m1/s1. The molecule has 21 heavy (non-hydrogen) atoms. The van der Waals surface area contributed by atoms with Crippen LogP contribution in [0, 0.1) is 0 Å². The van der Waals surface area contributed by atoms with E-state index in [4.69, 9.17) is 9.84 Å². The van der Waals surface area contributed by atoms with Gasteiger partial charge >= 0.3 is 12.1 Å². The number of carboxylic acid groups (broad SMARTS) is 1. The summed E-state index contributed by atoms with van der Waals surface area (Å²) in [6.07, 6.45) is -3.41. The summed E-state index contributed by atoms with van der Waals surface area (Å²) in [4.78, 5) is 24.1. The summed E-state index contributed by atoms with van der Waals surface area (Å²) >= 11 is 0. The predicted molar refractivity (Wildman–Crippen MR) is 71.4 cm³/mol. The predicted octanol–water partition coefficient (Wildman–Crippen LogP) is 0.204. The molecular weight excluding hydrogens is 278 g/mol. The van der Waals surface area contributed by atoms with E-state index in [1.54, 1.807) is 24.3 Å². The van der Waals surface area contributed by atoms with E-state index in [0.717, 1.165) is 10.5 Å². The topological polar surface area (TPSA) is 107 Å². The van der Waals surface area contributed by atoms with Gasteiger partial charge in [-0.1, -0.05) is 30.3 Å². The summed E-state index contributed by atoms with van der Waals surface area (Å²) < 4.78 is 5.06. The van der Waals surface area contributed by atoms with E-state index in [1.807, 2.05) is 6.07 Å². The molecule has 0 aromatic heterocycles. The van der Waals surface area contributed by atoms with E-state index in [2.05, 4.69) is 0 Å². The van der Waals surface area contributed by atoms with Crippen molar-refractivity contribution in [1.82, 2.24) is 4.90 Å². The Morgan fingerprint density at radius 3 is 2.52 bits per heavy atom. The lowest BCUT2D eigenvalue weighted by atomic mass is 9.96. The van der Waals surface area contributed by atoms with Gasteiger partial charge in [-0.2, -0.15) is 0 Å². The molecule has 3 N–H and O–H groups in total. The van der Waals surface area contributed by atoms with Crippen molar-refractivity contribution in [2.45, 2.75) is 31.3 Å². The minimum Gasteiger partial charge on any atom is -0.480 e. The molecule has 0 saturated carbocycles. The molecule has 3 atom stereocenters. The number of aliphatic hydroxyl groups is 2. The molecule has 0 radical (unpaired) electrons. The molecule has 1 amide bonds. The van der Waals surface area contributed by atoms with E-state index < -0.39 is 30.3 Å². The zero-order valence-corrected chi connectivity index (χ0v) is 11.3. The molecule has 1 aromatic carbocycles. The molecule has 7 nitrogen and oxygen atoms in total. The summed E-state index contributed by atoms with van der Waals surface area (Å²) in [7, 11) is 0. The number of nitrogens with zero attached hydrogens (tertiary/aromatic N) is 1. The van der Waals surface area contributed by atoms with E-state index in [0.29, 0.717) is 0 Å². The molecule has 7 heteroatoms. The maximum Gasteiger partial charge on any atom is 0.410 e. The Morgan fingerprint density at radius 2 is 1.90 bits per heavy atom. The average Bonchev–Trinajstić information content (AvgIpc) is 2.48. The van der Waals surface area contributed by atoms with Gasteiger partial charge in [0.2, 0.25) is 0 Å². The second-order valence-corrected chi connectivity index (χ2v) is 4.86. The zero-order valence-electron chi connectivity index (χ0n) is 11.3. The average molecular weight is 295 g/mol. The van der Waals surface area contributed by atoms with Gasteiger partial charge in [-0.05, 0) is 12.0 Å². The molecule has 1 unspecified atom stereocenters. The second kappa shape index (κ2) is 6.55. The Kier molecular flexibility index (Phi) is 4.77. The van der Waals surface area contributed by atoms with Crippen LogP contribution in [0.1, 0.15) is 12.0 Å². The van der Waals surface area contributed by atoms with Gasteiger partial charge in [0.15, 0.2) is 6.04 Å². The number of aliphatic hydroxyl groups excluding tert-OH is 2. The summed E-state index contributed by atoms with van der Waals surface area (Å²) in [5.41, 5.74) is 0.773. The molecule has 1 aliphatic rings. The van der Waals surface area contributed by atoms with Crippen LogP contribution in [-0.4, -0.2) is 57.1 Å². The van der Waals surface area contributed by atoms with Crippen molar-refractivity contribution in [2.75, 3.05) is 6.54 Å². The number of carbonyl (C=O) groups is 2. The molecule has 1 fully saturated rings. The fourth-order valence-corrected chi connectivity index (χ4v) is 2.26. The number of piperidine rings is 1. The van der Waals surface area contributed by atoms with Gasteiger partial charge in [0.1, 0.15) is 12.7 Å². The van der Waals surface area contributed by atoms with Crippen molar-refractivity contribution in [2.24, 2.45) is 0 Å². The highest BCUT2D eigenvalue weighted by molar-refractivity contribution is 5.81.